The van der Waals surface area contributed by atoms with Gasteiger partial charge < -0.3 is 10.1 Å². The molecule has 1 N–H and O–H groups in total. The summed E-state index contributed by atoms with van der Waals surface area (Å²) in [6.45, 7) is 2.07. The molecule has 1 amide bonds. The minimum Gasteiger partial charge on any atom is -0.477 e. The molecule has 0 aliphatic heterocycles. The number of ether oxygens (including phenoxy) is 1. The standard InChI is InChI=1S/C28H30Cl2N2O2/c1-20(26(22-13-17-31-18-14-22)19-21-5-7-23(29)8-6-21)32-27(33)28(15-3-2-4-16-28)34-25-11-9-24(30)10-12-25/h5-14,17-18,20,26H,2-4,15-16,19H2,1H3,(H,32,33). The van der Waals surface area contributed by atoms with E-state index >= 15 is 0 Å². The van der Waals surface area contributed by atoms with Gasteiger partial charge in [-0.2, -0.15) is 0 Å². The maximum Gasteiger partial charge on any atom is 0.264 e. The predicted octanol–water partition coefficient (Wildman–Crippen LogP) is 7.00. The summed E-state index contributed by atoms with van der Waals surface area (Å²) in [4.78, 5) is 17.9. The van der Waals surface area contributed by atoms with E-state index in [1.807, 2.05) is 48.5 Å². The van der Waals surface area contributed by atoms with Gasteiger partial charge in [0, 0.05) is 34.4 Å². The summed E-state index contributed by atoms with van der Waals surface area (Å²) >= 11 is 12.1. The number of rotatable bonds is 8. The van der Waals surface area contributed by atoms with E-state index in [-0.39, 0.29) is 17.9 Å². The Balaban J connectivity index is 1.55. The smallest absolute Gasteiger partial charge is 0.264 e. The minimum atomic E-state index is -0.872. The number of amides is 1. The van der Waals surface area contributed by atoms with Gasteiger partial charge in [-0.1, -0.05) is 41.8 Å². The average Bonchev–Trinajstić information content (AvgIpc) is 2.86. The number of carbonyl (C=O) groups excluding carboxylic acids is 1. The van der Waals surface area contributed by atoms with E-state index in [1.54, 1.807) is 24.5 Å². The molecule has 3 aromatic rings. The van der Waals surface area contributed by atoms with Crippen molar-refractivity contribution in [1.82, 2.24) is 10.3 Å². The van der Waals surface area contributed by atoms with Crippen molar-refractivity contribution >= 4 is 29.1 Å². The molecule has 1 aliphatic carbocycles. The summed E-state index contributed by atoms with van der Waals surface area (Å²) in [5, 5.41) is 4.67. The molecule has 2 atom stereocenters. The fourth-order valence-corrected chi connectivity index (χ4v) is 4.99. The lowest BCUT2D eigenvalue weighted by Gasteiger charge is -2.38. The van der Waals surface area contributed by atoms with Gasteiger partial charge in [-0.25, -0.2) is 0 Å². The number of hydrogen-bond acceptors (Lipinski definition) is 3. The van der Waals surface area contributed by atoms with Gasteiger partial charge in [0.25, 0.3) is 5.91 Å². The predicted molar refractivity (Wildman–Crippen MR) is 138 cm³/mol. The van der Waals surface area contributed by atoms with E-state index in [9.17, 15) is 4.79 Å². The lowest BCUT2D eigenvalue weighted by molar-refractivity contribution is -0.140. The maximum atomic E-state index is 13.7. The van der Waals surface area contributed by atoms with E-state index in [4.69, 9.17) is 27.9 Å². The molecule has 1 aliphatic rings. The van der Waals surface area contributed by atoms with E-state index in [2.05, 4.69) is 17.2 Å². The third-order valence-electron chi connectivity index (χ3n) is 6.67. The Morgan fingerprint density at radius 3 is 2.15 bits per heavy atom. The third-order valence-corrected chi connectivity index (χ3v) is 7.17. The number of nitrogens with one attached hydrogen (secondary N) is 1. The molecule has 34 heavy (non-hydrogen) atoms. The molecular weight excluding hydrogens is 467 g/mol. The first-order valence-electron chi connectivity index (χ1n) is 11.9. The minimum absolute atomic E-state index is 0.0511. The monoisotopic (exact) mass is 496 g/mol. The molecule has 1 saturated carbocycles. The van der Waals surface area contributed by atoms with Crippen LogP contribution in [-0.2, 0) is 11.2 Å². The van der Waals surface area contributed by atoms with Crippen LogP contribution in [-0.4, -0.2) is 22.5 Å². The van der Waals surface area contributed by atoms with Gasteiger partial charge in [-0.3, -0.25) is 9.78 Å². The Morgan fingerprint density at radius 2 is 1.53 bits per heavy atom. The van der Waals surface area contributed by atoms with Crippen LogP contribution in [0.4, 0.5) is 0 Å². The van der Waals surface area contributed by atoms with Gasteiger partial charge in [-0.15, -0.1) is 0 Å². The van der Waals surface area contributed by atoms with Crippen LogP contribution in [0.1, 0.15) is 56.1 Å². The number of pyridine rings is 1. The highest BCUT2D eigenvalue weighted by Gasteiger charge is 2.43. The van der Waals surface area contributed by atoms with E-state index in [0.717, 1.165) is 36.8 Å². The van der Waals surface area contributed by atoms with Crippen molar-refractivity contribution in [2.24, 2.45) is 0 Å². The highest BCUT2D eigenvalue weighted by molar-refractivity contribution is 6.30. The summed E-state index contributed by atoms with van der Waals surface area (Å²) in [6, 6.07) is 19.0. The molecule has 1 heterocycles. The molecule has 0 radical (unpaired) electrons. The SMILES string of the molecule is CC(NC(=O)C1(Oc2ccc(Cl)cc2)CCCCC1)C(Cc1ccc(Cl)cc1)c1ccncc1. The van der Waals surface area contributed by atoms with E-state index < -0.39 is 5.60 Å². The summed E-state index contributed by atoms with van der Waals surface area (Å²) in [6.07, 6.45) is 8.81. The van der Waals surface area contributed by atoms with Crippen molar-refractivity contribution in [1.29, 1.82) is 0 Å². The maximum absolute atomic E-state index is 13.7. The molecule has 6 heteroatoms. The van der Waals surface area contributed by atoms with Crippen molar-refractivity contribution in [2.45, 2.75) is 63.0 Å². The molecule has 1 aromatic heterocycles. The van der Waals surface area contributed by atoms with Gasteiger partial charge in [0.1, 0.15) is 5.75 Å². The fraction of sp³-hybridized carbons (Fsp3) is 0.357. The molecule has 0 bridgehead atoms. The lowest BCUT2D eigenvalue weighted by atomic mass is 9.82. The van der Waals surface area contributed by atoms with E-state index in [0.29, 0.717) is 28.6 Å². The van der Waals surface area contributed by atoms with Crippen LogP contribution in [0.2, 0.25) is 10.0 Å². The van der Waals surface area contributed by atoms with Crippen LogP contribution < -0.4 is 10.1 Å². The highest BCUT2D eigenvalue weighted by Crippen LogP contribution is 2.35. The highest BCUT2D eigenvalue weighted by atomic mass is 35.5. The zero-order valence-electron chi connectivity index (χ0n) is 19.3. The van der Waals surface area contributed by atoms with Crippen LogP contribution in [0.5, 0.6) is 5.75 Å². The molecule has 1 fully saturated rings. The van der Waals surface area contributed by atoms with Gasteiger partial charge in [0.2, 0.25) is 0 Å². The third kappa shape index (κ3) is 6.11. The number of carbonyl (C=O) groups is 1. The number of halogens is 2. The topological polar surface area (TPSA) is 51.2 Å². The Bertz CT molecular complexity index is 1070. The first-order chi connectivity index (χ1) is 16.4. The second kappa shape index (κ2) is 11.2. The molecule has 2 unspecified atom stereocenters. The average molecular weight is 497 g/mol. The number of hydrogen-bond donors (Lipinski definition) is 1. The van der Waals surface area contributed by atoms with Crippen LogP contribution in [0, 0.1) is 0 Å². The summed E-state index contributed by atoms with van der Waals surface area (Å²) in [7, 11) is 0. The molecule has 2 aromatic carbocycles. The normalized spacial score (nSPS) is 16.9. The van der Waals surface area contributed by atoms with Crippen molar-refractivity contribution in [3.63, 3.8) is 0 Å². The molecule has 4 nitrogen and oxygen atoms in total. The van der Waals surface area contributed by atoms with Crippen LogP contribution >= 0.6 is 23.2 Å². The van der Waals surface area contributed by atoms with Gasteiger partial charge in [0.15, 0.2) is 5.60 Å². The van der Waals surface area contributed by atoms with Crippen LogP contribution in [0.15, 0.2) is 73.1 Å². The Hall–Kier alpha value is -2.56. The Morgan fingerprint density at radius 1 is 0.941 bits per heavy atom. The fourth-order valence-electron chi connectivity index (χ4n) is 4.73. The van der Waals surface area contributed by atoms with Gasteiger partial charge in [0.05, 0.1) is 0 Å². The van der Waals surface area contributed by atoms with E-state index in [1.165, 1.54) is 0 Å². The van der Waals surface area contributed by atoms with Crippen molar-refractivity contribution in [3.8, 4) is 5.75 Å². The summed E-state index contributed by atoms with van der Waals surface area (Å²) in [5.41, 5.74) is 1.43. The lowest BCUT2D eigenvalue weighted by Crippen LogP contribution is -2.55. The van der Waals surface area contributed by atoms with Gasteiger partial charge >= 0.3 is 0 Å². The summed E-state index contributed by atoms with van der Waals surface area (Å²) < 4.78 is 6.38. The first-order valence-corrected chi connectivity index (χ1v) is 12.6. The number of nitrogens with zero attached hydrogens (tertiary/aromatic N) is 1. The van der Waals surface area contributed by atoms with Crippen LogP contribution in [0.3, 0.4) is 0 Å². The first kappa shape index (κ1) is 24.6. The second-order valence-electron chi connectivity index (χ2n) is 9.09. The summed E-state index contributed by atoms with van der Waals surface area (Å²) in [5.74, 6) is 0.690. The molecular formula is C28H30Cl2N2O2. The Kier molecular flexibility index (Phi) is 8.12. The number of benzene rings is 2. The molecule has 4 rings (SSSR count). The zero-order chi connectivity index (χ0) is 24.0. The Labute approximate surface area is 211 Å². The van der Waals surface area contributed by atoms with Gasteiger partial charge in [-0.05, 0) is 98.7 Å². The second-order valence-corrected chi connectivity index (χ2v) is 9.96. The largest absolute Gasteiger partial charge is 0.477 e. The molecule has 0 spiro atoms. The van der Waals surface area contributed by atoms with Crippen molar-refractivity contribution < 1.29 is 9.53 Å². The molecule has 178 valence electrons. The zero-order valence-corrected chi connectivity index (χ0v) is 20.9. The number of aromatic nitrogens is 1. The van der Waals surface area contributed by atoms with Crippen molar-refractivity contribution in [3.05, 3.63) is 94.2 Å². The van der Waals surface area contributed by atoms with Crippen LogP contribution in [0.25, 0.3) is 0 Å². The van der Waals surface area contributed by atoms with Crippen molar-refractivity contribution in [2.75, 3.05) is 0 Å². The quantitative estimate of drug-likeness (QED) is 0.365. The molecule has 0 saturated heterocycles.